The lowest BCUT2D eigenvalue weighted by molar-refractivity contribution is -0.134. The maximum Gasteiger partial charge on any atom is 0.338 e. The molecule has 0 radical (unpaired) electrons. The van der Waals surface area contributed by atoms with E-state index in [1.807, 2.05) is 6.07 Å². The van der Waals surface area contributed by atoms with E-state index in [4.69, 9.17) is 4.74 Å². The fourth-order valence-corrected chi connectivity index (χ4v) is 3.33. The fraction of sp³-hybridized carbons (Fsp3) is 0.263. The van der Waals surface area contributed by atoms with E-state index >= 15 is 0 Å². The van der Waals surface area contributed by atoms with Gasteiger partial charge in [-0.1, -0.05) is 6.07 Å². The van der Waals surface area contributed by atoms with Gasteiger partial charge in [0.15, 0.2) is 6.61 Å². The Morgan fingerprint density at radius 3 is 2.38 bits per heavy atom. The summed E-state index contributed by atoms with van der Waals surface area (Å²) in [6.07, 6.45) is 0. The molecule has 1 saturated heterocycles. The molecule has 0 bridgehead atoms. The summed E-state index contributed by atoms with van der Waals surface area (Å²) in [7, 11) is 0. The zero-order valence-corrected chi connectivity index (χ0v) is 16.2. The number of ether oxygens (including phenoxy) is 1. The summed E-state index contributed by atoms with van der Waals surface area (Å²) in [5.41, 5.74) is 1.37. The lowest BCUT2D eigenvalue weighted by Gasteiger charge is -2.36. The van der Waals surface area contributed by atoms with Gasteiger partial charge >= 0.3 is 5.97 Å². The fourth-order valence-electron chi connectivity index (χ4n) is 2.78. The number of hydrogen-bond donors (Lipinski definition) is 0. The van der Waals surface area contributed by atoms with Gasteiger partial charge in [0.2, 0.25) is 0 Å². The molecule has 7 heteroatoms. The van der Waals surface area contributed by atoms with Crippen LogP contribution < -0.4 is 4.90 Å². The lowest BCUT2D eigenvalue weighted by Crippen LogP contribution is -2.49. The van der Waals surface area contributed by atoms with Crippen LogP contribution in [0.25, 0.3) is 0 Å². The maximum atomic E-state index is 13.0. The molecule has 1 heterocycles. The van der Waals surface area contributed by atoms with Gasteiger partial charge in [-0.15, -0.1) is 0 Å². The number of nitrogens with zero attached hydrogens (tertiary/aromatic N) is 2. The molecule has 1 aliphatic rings. The van der Waals surface area contributed by atoms with Crippen molar-refractivity contribution >= 4 is 40.2 Å². The van der Waals surface area contributed by atoms with Gasteiger partial charge in [0.25, 0.3) is 5.91 Å². The number of anilines is 1. The first-order chi connectivity index (χ1) is 12.5. The molecule has 2 aromatic rings. The molecule has 0 saturated carbocycles. The molecule has 2 aromatic carbocycles. The Labute approximate surface area is 164 Å². The Bertz CT molecular complexity index is 790. The molecule has 0 N–H and O–H groups in total. The zero-order chi connectivity index (χ0) is 18.5. The van der Waals surface area contributed by atoms with Crippen molar-refractivity contribution in [2.75, 3.05) is 37.7 Å². The van der Waals surface area contributed by atoms with Crippen LogP contribution in [-0.4, -0.2) is 49.6 Å². The average Bonchev–Trinajstić information content (AvgIpc) is 2.66. The molecule has 1 fully saturated rings. The highest BCUT2D eigenvalue weighted by Gasteiger charge is 2.22. The molecule has 136 valence electrons. The predicted molar refractivity (Wildman–Crippen MR) is 105 cm³/mol. The Morgan fingerprint density at radius 1 is 1.04 bits per heavy atom. The molecule has 3 rings (SSSR count). The molecule has 0 atom stereocenters. The lowest BCUT2D eigenvalue weighted by atomic mass is 10.2. The van der Waals surface area contributed by atoms with Crippen LogP contribution in [0.2, 0.25) is 0 Å². The van der Waals surface area contributed by atoms with Gasteiger partial charge in [0.1, 0.15) is 5.82 Å². The van der Waals surface area contributed by atoms with E-state index in [0.29, 0.717) is 31.7 Å². The Balaban J connectivity index is 1.47. The minimum Gasteiger partial charge on any atom is -0.452 e. The Hall–Kier alpha value is -2.16. The summed E-state index contributed by atoms with van der Waals surface area (Å²) in [5.74, 6) is -0.970. The molecule has 1 amide bonds. The first kappa shape index (κ1) is 18.6. The van der Waals surface area contributed by atoms with E-state index in [1.54, 1.807) is 35.2 Å². The normalized spacial score (nSPS) is 14.2. The van der Waals surface area contributed by atoms with Crippen LogP contribution in [0.3, 0.4) is 0 Å². The van der Waals surface area contributed by atoms with Crippen molar-refractivity contribution in [1.29, 1.82) is 0 Å². The number of piperazine rings is 1. The van der Waals surface area contributed by atoms with Crippen LogP contribution in [-0.2, 0) is 9.53 Å². The zero-order valence-electron chi connectivity index (χ0n) is 14.0. The van der Waals surface area contributed by atoms with Gasteiger partial charge < -0.3 is 14.5 Å². The number of hydrogen-bond acceptors (Lipinski definition) is 4. The second kappa shape index (κ2) is 8.48. The van der Waals surface area contributed by atoms with Crippen molar-refractivity contribution in [2.24, 2.45) is 0 Å². The number of carbonyl (C=O) groups is 2. The van der Waals surface area contributed by atoms with Crippen LogP contribution in [0.15, 0.2) is 48.5 Å². The van der Waals surface area contributed by atoms with Crippen LogP contribution in [0.5, 0.6) is 0 Å². The van der Waals surface area contributed by atoms with E-state index < -0.39 is 5.97 Å². The third kappa shape index (κ3) is 4.72. The first-order valence-corrected chi connectivity index (χ1v) is 9.32. The van der Waals surface area contributed by atoms with Gasteiger partial charge in [-0.25, -0.2) is 9.18 Å². The van der Waals surface area contributed by atoms with Crippen molar-refractivity contribution in [2.45, 2.75) is 0 Å². The van der Waals surface area contributed by atoms with Crippen molar-refractivity contribution < 1.29 is 18.7 Å². The molecule has 26 heavy (non-hydrogen) atoms. The smallest absolute Gasteiger partial charge is 0.338 e. The Kier molecular flexibility index (Phi) is 6.08. The molecule has 1 aliphatic heterocycles. The molecule has 0 aliphatic carbocycles. The topological polar surface area (TPSA) is 49.9 Å². The van der Waals surface area contributed by atoms with Crippen molar-refractivity contribution in [3.05, 3.63) is 63.5 Å². The van der Waals surface area contributed by atoms with E-state index in [2.05, 4.69) is 27.5 Å². The number of rotatable bonds is 4. The first-order valence-electron chi connectivity index (χ1n) is 8.24. The summed E-state index contributed by atoms with van der Waals surface area (Å²) >= 11 is 2.12. The number of halogens is 2. The second-order valence-corrected chi connectivity index (χ2v) is 7.18. The van der Waals surface area contributed by atoms with Gasteiger partial charge in [-0.3, -0.25) is 4.79 Å². The van der Waals surface area contributed by atoms with Crippen molar-refractivity contribution in [3.63, 3.8) is 0 Å². The summed E-state index contributed by atoms with van der Waals surface area (Å²) < 4.78 is 19.1. The van der Waals surface area contributed by atoms with Gasteiger partial charge in [0, 0.05) is 35.4 Å². The van der Waals surface area contributed by atoms with Crippen LogP contribution in [0.1, 0.15) is 10.4 Å². The van der Waals surface area contributed by atoms with Crippen molar-refractivity contribution in [1.82, 2.24) is 4.90 Å². The number of esters is 1. The van der Waals surface area contributed by atoms with E-state index in [0.717, 1.165) is 9.26 Å². The summed E-state index contributed by atoms with van der Waals surface area (Å²) in [4.78, 5) is 28.1. The van der Waals surface area contributed by atoms with Crippen LogP contribution in [0, 0.1) is 9.39 Å². The maximum absolute atomic E-state index is 13.0. The monoisotopic (exact) mass is 468 g/mol. The molecule has 5 nitrogen and oxygen atoms in total. The minimum atomic E-state index is -0.498. The van der Waals surface area contributed by atoms with Gasteiger partial charge in [-0.05, 0) is 65.1 Å². The van der Waals surface area contributed by atoms with E-state index in [1.165, 1.54) is 12.1 Å². The molecular weight excluding hydrogens is 450 g/mol. The van der Waals surface area contributed by atoms with Crippen molar-refractivity contribution in [3.8, 4) is 0 Å². The third-order valence-corrected chi connectivity index (χ3v) is 4.88. The summed E-state index contributed by atoms with van der Waals surface area (Å²) in [6.45, 7) is 2.12. The number of carbonyl (C=O) groups excluding carboxylic acids is 2. The molecule has 0 unspecified atom stereocenters. The predicted octanol–water partition coefficient (Wildman–Crippen LogP) is 2.94. The highest BCUT2D eigenvalue weighted by molar-refractivity contribution is 14.1. The van der Waals surface area contributed by atoms with E-state index in [-0.39, 0.29) is 18.3 Å². The summed E-state index contributed by atoms with van der Waals surface area (Å²) in [5, 5.41) is 0. The largest absolute Gasteiger partial charge is 0.452 e. The molecule has 0 aromatic heterocycles. The van der Waals surface area contributed by atoms with Crippen LogP contribution >= 0.6 is 22.6 Å². The molecular formula is C19H18FIN2O3. The minimum absolute atomic E-state index is 0.206. The van der Waals surface area contributed by atoms with Gasteiger partial charge in [0.05, 0.1) is 5.56 Å². The highest BCUT2D eigenvalue weighted by atomic mass is 127. The SMILES string of the molecule is O=C(OCC(=O)N1CCN(c2ccc(F)cc2)CC1)c1cccc(I)c1. The standard InChI is InChI=1S/C19H18FIN2O3/c20-15-4-6-17(7-5-15)22-8-10-23(11-9-22)18(24)13-26-19(25)14-2-1-3-16(21)12-14/h1-7,12H,8-11,13H2. The average molecular weight is 468 g/mol. The number of amides is 1. The van der Waals surface area contributed by atoms with E-state index in [9.17, 15) is 14.0 Å². The quantitative estimate of drug-likeness (QED) is 0.512. The second-order valence-electron chi connectivity index (χ2n) is 5.93. The Morgan fingerprint density at radius 2 is 1.73 bits per heavy atom. The molecule has 0 spiro atoms. The van der Waals surface area contributed by atoms with Crippen LogP contribution in [0.4, 0.5) is 10.1 Å². The van der Waals surface area contributed by atoms with Gasteiger partial charge in [-0.2, -0.15) is 0 Å². The summed E-state index contributed by atoms with van der Waals surface area (Å²) in [6, 6.07) is 13.4. The third-order valence-electron chi connectivity index (χ3n) is 4.21. The number of benzene rings is 2. The highest BCUT2D eigenvalue weighted by Crippen LogP contribution is 2.17.